The van der Waals surface area contributed by atoms with Crippen molar-refractivity contribution in [3.8, 4) is 0 Å². The average Bonchev–Trinajstić information content (AvgIpc) is 1.68. The van der Waals surface area contributed by atoms with E-state index in [1.807, 2.05) is 14.0 Å². The zero-order valence-electron chi connectivity index (χ0n) is 4.94. The lowest BCUT2D eigenvalue weighted by Crippen LogP contribution is -2.18. The number of aliphatic hydroxyl groups excluding tert-OH is 1. The Hall–Kier alpha value is -0.0800. The van der Waals surface area contributed by atoms with Crippen LogP contribution in [0.2, 0.25) is 0 Å². The van der Waals surface area contributed by atoms with E-state index < -0.39 is 0 Å². The maximum absolute atomic E-state index is 8.43. The Morgan fingerprint density at radius 2 is 2.29 bits per heavy atom. The van der Waals surface area contributed by atoms with Gasteiger partial charge in [-0.3, -0.25) is 0 Å². The molecule has 0 aliphatic heterocycles. The second-order valence-electron chi connectivity index (χ2n) is 1.85. The molecule has 2 heteroatoms. The topological polar surface area (TPSA) is 32.3 Å². The Morgan fingerprint density at radius 3 is 2.43 bits per heavy atom. The summed E-state index contributed by atoms with van der Waals surface area (Å²) in [5.74, 6) is 0.394. The summed E-state index contributed by atoms with van der Waals surface area (Å²) >= 11 is 0. The van der Waals surface area contributed by atoms with E-state index in [1.54, 1.807) is 0 Å². The molecule has 7 heavy (non-hydrogen) atoms. The van der Waals surface area contributed by atoms with Crippen LogP contribution in [0.1, 0.15) is 6.92 Å². The Balaban J connectivity index is 2.83. The highest BCUT2D eigenvalue weighted by Crippen LogP contribution is 1.85. The quantitative estimate of drug-likeness (QED) is 0.520. The van der Waals surface area contributed by atoms with Gasteiger partial charge in [-0.2, -0.15) is 0 Å². The first-order chi connectivity index (χ1) is 3.31. The molecule has 0 aromatic heterocycles. The summed E-state index contributed by atoms with van der Waals surface area (Å²) in [5, 5.41) is 11.4. The summed E-state index contributed by atoms with van der Waals surface area (Å²) in [6.45, 7) is 3.17. The minimum atomic E-state index is 0.279. The lowest BCUT2D eigenvalue weighted by atomic mass is 10.2. The second-order valence-corrected chi connectivity index (χ2v) is 1.85. The van der Waals surface area contributed by atoms with E-state index in [4.69, 9.17) is 5.11 Å². The molecule has 0 aliphatic rings. The molecular formula is C5H13NO. The summed E-state index contributed by atoms with van der Waals surface area (Å²) in [4.78, 5) is 0. The second kappa shape index (κ2) is 4.09. The van der Waals surface area contributed by atoms with Gasteiger partial charge in [0.05, 0.1) is 0 Å². The summed E-state index contributed by atoms with van der Waals surface area (Å²) in [6.07, 6.45) is 0. The van der Waals surface area contributed by atoms with Gasteiger partial charge in [-0.15, -0.1) is 0 Å². The molecule has 0 saturated carbocycles. The van der Waals surface area contributed by atoms with Crippen LogP contribution in [0.3, 0.4) is 0 Å². The van der Waals surface area contributed by atoms with Crippen molar-refractivity contribution in [3.63, 3.8) is 0 Å². The van der Waals surface area contributed by atoms with Crippen molar-refractivity contribution in [2.75, 3.05) is 20.2 Å². The fourth-order valence-electron chi connectivity index (χ4n) is 0.413. The number of nitrogens with one attached hydrogen (secondary N) is 1. The van der Waals surface area contributed by atoms with Crippen LogP contribution in [0.15, 0.2) is 0 Å². The van der Waals surface area contributed by atoms with Crippen molar-refractivity contribution in [2.45, 2.75) is 6.92 Å². The number of rotatable bonds is 3. The van der Waals surface area contributed by atoms with Crippen molar-refractivity contribution in [1.82, 2.24) is 5.32 Å². The maximum atomic E-state index is 8.43. The molecule has 0 bridgehead atoms. The molecule has 1 unspecified atom stereocenters. The number of hydrogen-bond donors (Lipinski definition) is 2. The SMILES string of the molecule is CNCC(C)CO. The normalized spacial score (nSPS) is 14.1. The fraction of sp³-hybridized carbons (Fsp3) is 1.00. The summed E-state index contributed by atoms with van der Waals surface area (Å²) in [7, 11) is 1.88. The van der Waals surface area contributed by atoms with Crippen LogP contribution < -0.4 is 5.32 Å². The first-order valence-corrected chi connectivity index (χ1v) is 2.56. The van der Waals surface area contributed by atoms with Crippen molar-refractivity contribution >= 4 is 0 Å². The molecule has 2 nitrogen and oxygen atoms in total. The molecule has 0 fully saturated rings. The van der Waals surface area contributed by atoms with Gasteiger partial charge >= 0.3 is 0 Å². The molecular weight excluding hydrogens is 90.1 g/mol. The highest BCUT2D eigenvalue weighted by Gasteiger charge is 1.93. The van der Waals surface area contributed by atoms with Gasteiger partial charge in [-0.05, 0) is 19.5 Å². The first-order valence-electron chi connectivity index (χ1n) is 2.56. The smallest absolute Gasteiger partial charge is 0.0468 e. The Morgan fingerprint density at radius 1 is 1.71 bits per heavy atom. The summed E-state index contributed by atoms with van der Waals surface area (Å²) < 4.78 is 0. The zero-order valence-corrected chi connectivity index (χ0v) is 4.94. The third-order valence-electron chi connectivity index (χ3n) is 0.864. The van der Waals surface area contributed by atoms with E-state index in [9.17, 15) is 0 Å². The Bertz CT molecular complexity index is 39.1. The van der Waals surface area contributed by atoms with Crippen molar-refractivity contribution in [1.29, 1.82) is 0 Å². The third-order valence-corrected chi connectivity index (χ3v) is 0.864. The van der Waals surface area contributed by atoms with Crippen molar-refractivity contribution in [2.24, 2.45) is 5.92 Å². The van der Waals surface area contributed by atoms with Crippen LogP contribution in [-0.2, 0) is 0 Å². The van der Waals surface area contributed by atoms with Gasteiger partial charge in [0, 0.05) is 6.61 Å². The van der Waals surface area contributed by atoms with Gasteiger partial charge in [0.25, 0.3) is 0 Å². The fourth-order valence-corrected chi connectivity index (χ4v) is 0.413. The van der Waals surface area contributed by atoms with E-state index in [2.05, 4.69) is 5.32 Å². The first kappa shape index (κ1) is 6.92. The third kappa shape index (κ3) is 3.76. The predicted octanol–water partition coefficient (Wildman–Crippen LogP) is -0.166. The van der Waals surface area contributed by atoms with E-state index in [-0.39, 0.29) is 6.61 Å². The minimum Gasteiger partial charge on any atom is -0.396 e. The van der Waals surface area contributed by atoms with Crippen molar-refractivity contribution < 1.29 is 5.11 Å². The molecule has 0 radical (unpaired) electrons. The molecule has 0 rings (SSSR count). The lowest BCUT2D eigenvalue weighted by molar-refractivity contribution is 0.236. The van der Waals surface area contributed by atoms with Crippen LogP contribution >= 0.6 is 0 Å². The van der Waals surface area contributed by atoms with E-state index >= 15 is 0 Å². The van der Waals surface area contributed by atoms with Crippen molar-refractivity contribution in [3.05, 3.63) is 0 Å². The summed E-state index contributed by atoms with van der Waals surface area (Å²) in [5.41, 5.74) is 0. The standard InChI is InChI=1S/C5H13NO/c1-5(4-7)3-6-2/h5-7H,3-4H2,1-2H3. The molecule has 0 saturated heterocycles. The predicted molar refractivity (Wildman–Crippen MR) is 30.2 cm³/mol. The zero-order chi connectivity index (χ0) is 5.70. The van der Waals surface area contributed by atoms with E-state index in [0.29, 0.717) is 5.92 Å². The lowest BCUT2D eigenvalue weighted by Gasteiger charge is -2.03. The molecule has 1 atom stereocenters. The van der Waals surface area contributed by atoms with Gasteiger partial charge < -0.3 is 10.4 Å². The van der Waals surface area contributed by atoms with Crippen LogP contribution in [-0.4, -0.2) is 25.3 Å². The molecule has 2 N–H and O–H groups in total. The molecule has 0 aliphatic carbocycles. The number of aliphatic hydroxyl groups is 1. The molecule has 0 heterocycles. The average molecular weight is 103 g/mol. The Kier molecular flexibility index (Phi) is 4.04. The molecule has 44 valence electrons. The van der Waals surface area contributed by atoms with Gasteiger partial charge in [0.1, 0.15) is 0 Å². The largest absolute Gasteiger partial charge is 0.396 e. The highest BCUT2D eigenvalue weighted by atomic mass is 16.3. The van der Waals surface area contributed by atoms with Gasteiger partial charge in [0.15, 0.2) is 0 Å². The van der Waals surface area contributed by atoms with E-state index in [0.717, 1.165) is 6.54 Å². The number of hydrogen-bond acceptors (Lipinski definition) is 2. The van der Waals surface area contributed by atoms with Gasteiger partial charge in [-0.1, -0.05) is 6.92 Å². The molecule has 0 aromatic rings. The highest BCUT2D eigenvalue weighted by molar-refractivity contribution is 4.49. The van der Waals surface area contributed by atoms with Crippen LogP contribution in [0.5, 0.6) is 0 Å². The molecule has 0 spiro atoms. The van der Waals surface area contributed by atoms with Crippen LogP contribution in [0.25, 0.3) is 0 Å². The molecule has 0 aromatic carbocycles. The van der Waals surface area contributed by atoms with Gasteiger partial charge in [0.2, 0.25) is 0 Å². The monoisotopic (exact) mass is 103 g/mol. The minimum absolute atomic E-state index is 0.279. The van der Waals surface area contributed by atoms with Gasteiger partial charge in [-0.25, -0.2) is 0 Å². The maximum Gasteiger partial charge on any atom is 0.0468 e. The van der Waals surface area contributed by atoms with Crippen LogP contribution in [0, 0.1) is 5.92 Å². The molecule has 0 amide bonds. The Labute approximate surface area is 44.5 Å². The van der Waals surface area contributed by atoms with E-state index in [1.165, 1.54) is 0 Å². The summed E-state index contributed by atoms with van der Waals surface area (Å²) in [6, 6.07) is 0. The van der Waals surface area contributed by atoms with Crippen LogP contribution in [0.4, 0.5) is 0 Å².